The van der Waals surface area contributed by atoms with Gasteiger partial charge in [0, 0.05) is 18.6 Å². The number of benzene rings is 1. The molecule has 2 aliphatic heterocycles. The van der Waals surface area contributed by atoms with Crippen molar-refractivity contribution in [3.63, 3.8) is 0 Å². The van der Waals surface area contributed by atoms with Gasteiger partial charge in [-0.05, 0) is 25.5 Å². The average Bonchev–Trinajstić information content (AvgIpc) is 2.96. The number of aliphatic hydroxyl groups is 6. The smallest absolute Gasteiger partial charge is 0.297 e. The van der Waals surface area contributed by atoms with Crippen molar-refractivity contribution < 1.29 is 62.2 Å². The summed E-state index contributed by atoms with van der Waals surface area (Å²) in [5.41, 5.74) is 24.8. The van der Waals surface area contributed by atoms with Crippen LogP contribution in [0.2, 0.25) is 0 Å². The third-order valence-corrected chi connectivity index (χ3v) is 9.30. The fourth-order valence-corrected chi connectivity index (χ4v) is 6.24. The number of aliphatic hydroxyl groups excluding tert-OH is 6. The van der Waals surface area contributed by atoms with E-state index in [0.717, 1.165) is 5.56 Å². The Morgan fingerprint density at radius 3 is 1.86 bits per heavy atom. The van der Waals surface area contributed by atoms with E-state index in [1.165, 1.54) is 12.1 Å². The molecule has 2 saturated heterocycles. The molecule has 17 nitrogen and oxygen atoms in total. The maximum absolute atomic E-state index is 12.6. The molecule has 3 fully saturated rings. The van der Waals surface area contributed by atoms with Crippen LogP contribution in [-0.2, 0) is 33.2 Å². The highest BCUT2D eigenvalue weighted by molar-refractivity contribution is 7.86. The molecule has 18 heteroatoms. The number of nitrogens with two attached hydrogens (primary N) is 4. The Balaban J connectivity index is 1.45. The lowest BCUT2D eigenvalue weighted by Gasteiger charge is -2.48. The predicted octanol–water partition coefficient (Wildman–Crippen LogP) is -5.57. The van der Waals surface area contributed by atoms with Crippen molar-refractivity contribution in [3.05, 3.63) is 29.8 Å². The molecule has 0 amide bonds. The van der Waals surface area contributed by atoms with E-state index in [0.29, 0.717) is 0 Å². The highest BCUT2D eigenvalue weighted by Gasteiger charge is 2.51. The van der Waals surface area contributed by atoms with Gasteiger partial charge in [-0.25, -0.2) is 0 Å². The summed E-state index contributed by atoms with van der Waals surface area (Å²) >= 11 is 0. The van der Waals surface area contributed by atoms with E-state index in [1.807, 2.05) is 0 Å². The van der Waals surface area contributed by atoms with Crippen LogP contribution in [0.1, 0.15) is 12.0 Å². The van der Waals surface area contributed by atoms with Crippen LogP contribution in [0.4, 0.5) is 0 Å². The second-order valence-corrected chi connectivity index (χ2v) is 12.8. The van der Waals surface area contributed by atoms with Gasteiger partial charge in [0.05, 0.1) is 17.5 Å². The van der Waals surface area contributed by atoms with Gasteiger partial charge in [-0.15, -0.1) is 0 Å². The molecule has 1 aliphatic carbocycles. The fraction of sp³-hybridized carbons (Fsp3) is 0.760. The van der Waals surface area contributed by atoms with Gasteiger partial charge in [0.2, 0.25) is 0 Å². The third-order valence-electron chi connectivity index (χ3n) is 8.00. The Kier molecular flexibility index (Phi) is 11.1. The molecule has 15 atom stereocenters. The molecule has 2 heterocycles. The molecule has 3 aliphatic rings. The second-order valence-electron chi connectivity index (χ2n) is 11.2. The summed E-state index contributed by atoms with van der Waals surface area (Å²) in [4.78, 5) is -0.119. The minimum Gasteiger partial charge on any atom is -0.389 e. The predicted molar refractivity (Wildman–Crippen MR) is 145 cm³/mol. The summed E-state index contributed by atoms with van der Waals surface area (Å²) in [5, 5.41) is 63.1. The molecule has 4 rings (SSSR count). The molecule has 1 aromatic rings. The lowest BCUT2D eigenvalue weighted by atomic mass is 9.84. The normalized spacial score (nSPS) is 44.3. The quantitative estimate of drug-likeness (QED) is 0.113. The first kappa shape index (κ1) is 34.4. The first-order chi connectivity index (χ1) is 20.2. The molecular formula is C25H42N4O13S. The zero-order chi connectivity index (χ0) is 31.8. The number of hydrogen-bond acceptors (Lipinski definition) is 17. The lowest BCUT2D eigenvalue weighted by molar-refractivity contribution is -0.331. The minimum atomic E-state index is -4.24. The summed E-state index contributed by atoms with van der Waals surface area (Å²) in [6, 6.07) is 2.68. The van der Waals surface area contributed by atoms with E-state index in [9.17, 15) is 39.1 Å². The van der Waals surface area contributed by atoms with Crippen LogP contribution < -0.4 is 22.9 Å². The summed E-state index contributed by atoms with van der Waals surface area (Å²) in [6.45, 7) is 0.898. The molecule has 246 valence electrons. The monoisotopic (exact) mass is 638 g/mol. The van der Waals surface area contributed by atoms with Crippen LogP contribution in [0.5, 0.6) is 0 Å². The summed E-state index contributed by atoms with van der Waals surface area (Å²) in [6.07, 6.45) is -17.8. The van der Waals surface area contributed by atoms with Gasteiger partial charge in [0.25, 0.3) is 10.1 Å². The average molecular weight is 639 g/mol. The van der Waals surface area contributed by atoms with Crippen molar-refractivity contribution in [3.8, 4) is 0 Å². The first-order valence-electron chi connectivity index (χ1n) is 13.8. The molecule has 43 heavy (non-hydrogen) atoms. The molecule has 0 bridgehead atoms. The zero-order valence-electron chi connectivity index (χ0n) is 23.3. The minimum absolute atomic E-state index is 0.0134. The van der Waals surface area contributed by atoms with Crippen molar-refractivity contribution in [2.75, 3.05) is 13.2 Å². The van der Waals surface area contributed by atoms with Gasteiger partial charge in [0.15, 0.2) is 12.6 Å². The summed E-state index contributed by atoms with van der Waals surface area (Å²) < 4.78 is 53.1. The topological polar surface area (TPSA) is 306 Å². The molecule has 14 unspecified atom stereocenters. The number of rotatable bonds is 9. The zero-order valence-corrected chi connectivity index (χ0v) is 24.2. The highest BCUT2D eigenvalue weighted by Crippen LogP contribution is 2.31. The van der Waals surface area contributed by atoms with Crippen LogP contribution in [0.3, 0.4) is 0 Å². The maximum Gasteiger partial charge on any atom is 0.297 e. The van der Waals surface area contributed by atoms with Crippen LogP contribution in [-0.4, -0.2) is 144 Å². The van der Waals surface area contributed by atoms with E-state index in [1.54, 1.807) is 19.1 Å². The number of ether oxygens (including phenoxy) is 4. The molecule has 0 aromatic heterocycles. The van der Waals surface area contributed by atoms with E-state index >= 15 is 0 Å². The SMILES string of the molecule is Cc1ccc(S(=O)(=O)OCC2OC(OC3C(O)C(OC4OC(CN)C(O)C(O)C4O)C(N)C[C@@H]3N)C(O)C(N)C2O)cc1. The van der Waals surface area contributed by atoms with Gasteiger partial charge in [-0.3, -0.25) is 4.18 Å². The van der Waals surface area contributed by atoms with Gasteiger partial charge in [-0.2, -0.15) is 8.42 Å². The van der Waals surface area contributed by atoms with Gasteiger partial charge in [-0.1, -0.05) is 17.7 Å². The Hall–Kier alpha value is -1.43. The highest BCUT2D eigenvalue weighted by atomic mass is 32.2. The van der Waals surface area contributed by atoms with E-state index in [2.05, 4.69) is 0 Å². The number of hydrogen-bond donors (Lipinski definition) is 10. The van der Waals surface area contributed by atoms with Crippen molar-refractivity contribution in [1.29, 1.82) is 0 Å². The fourth-order valence-electron chi connectivity index (χ4n) is 5.32. The van der Waals surface area contributed by atoms with Gasteiger partial charge < -0.3 is 72.5 Å². The first-order valence-corrected chi connectivity index (χ1v) is 15.2. The van der Waals surface area contributed by atoms with Crippen LogP contribution in [0.25, 0.3) is 0 Å². The van der Waals surface area contributed by atoms with Crippen LogP contribution in [0.15, 0.2) is 29.2 Å². The largest absolute Gasteiger partial charge is 0.389 e. The van der Waals surface area contributed by atoms with E-state index in [4.69, 9.17) is 46.1 Å². The maximum atomic E-state index is 12.6. The van der Waals surface area contributed by atoms with Crippen molar-refractivity contribution in [2.45, 2.75) is 110 Å². The van der Waals surface area contributed by atoms with Crippen molar-refractivity contribution >= 4 is 10.1 Å². The molecule has 14 N–H and O–H groups in total. The van der Waals surface area contributed by atoms with Crippen LogP contribution >= 0.6 is 0 Å². The lowest BCUT2D eigenvalue weighted by Crippen LogP contribution is -2.68. The Morgan fingerprint density at radius 2 is 1.30 bits per heavy atom. The summed E-state index contributed by atoms with van der Waals surface area (Å²) in [5.74, 6) is 0. The molecular weight excluding hydrogens is 596 g/mol. The molecule has 1 aromatic carbocycles. The van der Waals surface area contributed by atoms with E-state index < -0.39 is 108 Å². The number of aryl methyl sites for hydroxylation is 1. The van der Waals surface area contributed by atoms with E-state index in [-0.39, 0.29) is 17.9 Å². The standard InChI is InChI=1S/C25H42N4O13S/c1-9-2-4-10(5-3-9)43(36,37)38-8-14-16(30)15(29)18(32)24(40-14)41-22-11(27)6-12(28)23(21(22)35)42-25-20(34)19(33)17(31)13(7-26)39-25/h2-5,11-25,30-35H,6-8,26-29H2,1H3/t11-,12?,13?,14?,15?,16?,17?,18?,19?,20?,21?,22?,23?,24?,25?/m0/s1. The third kappa shape index (κ3) is 7.36. The second kappa shape index (κ2) is 13.9. The van der Waals surface area contributed by atoms with Crippen molar-refractivity contribution in [2.24, 2.45) is 22.9 Å². The molecule has 1 saturated carbocycles. The van der Waals surface area contributed by atoms with Crippen LogP contribution in [0, 0.1) is 6.92 Å². The van der Waals surface area contributed by atoms with Crippen molar-refractivity contribution in [1.82, 2.24) is 0 Å². The molecule has 0 spiro atoms. The molecule has 0 radical (unpaired) electrons. The Morgan fingerprint density at radius 1 is 0.767 bits per heavy atom. The Labute approximate surface area is 248 Å². The van der Waals surface area contributed by atoms with Gasteiger partial charge in [0.1, 0.15) is 61.0 Å². The summed E-state index contributed by atoms with van der Waals surface area (Å²) in [7, 11) is -4.24. The Bertz CT molecular complexity index is 1160. The van der Waals surface area contributed by atoms with Gasteiger partial charge >= 0.3 is 0 Å².